The third-order valence-electron chi connectivity index (χ3n) is 3.23. The predicted molar refractivity (Wildman–Crippen MR) is 90.5 cm³/mol. The van der Waals surface area contributed by atoms with Crippen molar-refractivity contribution < 1.29 is 13.2 Å². The summed E-state index contributed by atoms with van der Waals surface area (Å²) in [4.78, 5) is 11.8. The van der Waals surface area contributed by atoms with Gasteiger partial charge >= 0.3 is 0 Å². The van der Waals surface area contributed by atoms with Crippen molar-refractivity contribution in [2.45, 2.75) is 18.9 Å². The van der Waals surface area contributed by atoms with E-state index in [1.54, 1.807) is 23.9 Å². The lowest BCUT2D eigenvalue weighted by Gasteiger charge is -2.10. The van der Waals surface area contributed by atoms with E-state index in [1.165, 1.54) is 0 Å². The first kappa shape index (κ1) is 17.1. The van der Waals surface area contributed by atoms with Crippen molar-refractivity contribution >= 4 is 33.4 Å². The molecular formula is C14H21N3O3S2. The number of carbonyl (C=O) groups excluding carboxylic acids is 1. The fourth-order valence-electron chi connectivity index (χ4n) is 2.14. The molecule has 0 radical (unpaired) electrons. The molecular weight excluding hydrogens is 322 g/mol. The molecule has 6 nitrogen and oxygen atoms in total. The lowest BCUT2D eigenvalue weighted by molar-refractivity contribution is -0.122. The summed E-state index contributed by atoms with van der Waals surface area (Å²) in [7, 11) is -3.23. The summed E-state index contributed by atoms with van der Waals surface area (Å²) in [5, 5.41) is 6.07. The third kappa shape index (κ3) is 5.86. The Morgan fingerprint density at radius 3 is 2.68 bits per heavy atom. The lowest BCUT2D eigenvalue weighted by Crippen LogP contribution is -2.42. The second-order valence-electron chi connectivity index (χ2n) is 5.24. The molecule has 1 atom stereocenters. The quantitative estimate of drug-likeness (QED) is 0.637. The van der Waals surface area contributed by atoms with Crippen molar-refractivity contribution in [3.05, 3.63) is 29.8 Å². The van der Waals surface area contributed by atoms with Gasteiger partial charge in [0.2, 0.25) is 15.9 Å². The van der Waals surface area contributed by atoms with Crippen LogP contribution in [0, 0.1) is 0 Å². The lowest BCUT2D eigenvalue weighted by atomic mass is 10.1. The maximum Gasteiger partial charge on any atom is 0.238 e. The first-order valence-corrected chi connectivity index (χ1v) is 10.1. The van der Waals surface area contributed by atoms with Gasteiger partial charge in [-0.3, -0.25) is 14.8 Å². The van der Waals surface area contributed by atoms with Crippen molar-refractivity contribution in [1.82, 2.24) is 10.6 Å². The fourth-order valence-corrected chi connectivity index (χ4v) is 3.65. The summed E-state index contributed by atoms with van der Waals surface area (Å²) in [6.45, 7) is 0.644. The second-order valence-corrected chi connectivity index (χ2v) is 8.02. The average Bonchev–Trinajstić information content (AvgIpc) is 2.97. The van der Waals surface area contributed by atoms with E-state index < -0.39 is 10.0 Å². The Labute approximate surface area is 135 Å². The van der Waals surface area contributed by atoms with Gasteiger partial charge in [-0.15, -0.1) is 11.8 Å². The van der Waals surface area contributed by atoms with E-state index in [1.807, 2.05) is 12.1 Å². The molecule has 0 aromatic heterocycles. The number of aryl methyl sites for hydroxylation is 1. The smallest absolute Gasteiger partial charge is 0.238 e. The number of benzene rings is 1. The van der Waals surface area contributed by atoms with Crippen LogP contribution < -0.4 is 15.4 Å². The van der Waals surface area contributed by atoms with Crippen molar-refractivity contribution in [2.75, 3.05) is 29.2 Å². The van der Waals surface area contributed by atoms with Crippen LogP contribution in [0.4, 0.5) is 5.69 Å². The minimum absolute atomic E-state index is 0.0636. The Hall–Kier alpha value is -1.25. The Balaban J connectivity index is 1.69. The third-order valence-corrected chi connectivity index (χ3v) is 4.78. The van der Waals surface area contributed by atoms with Gasteiger partial charge in [-0.2, -0.15) is 0 Å². The highest BCUT2D eigenvalue weighted by Gasteiger charge is 2.21. The minimum Gasteiger partial charge on any atom is -0.355 e. The topological polar surface area (TPSA) is 87.3 Å². The van der Waals surface area contributed by atoms with Crippen molar-refractivity contribution in [1.29, 1.82) is 0 Å². The molecule has 3 N–H and O–H groups in total. The Morgan fingerprint density at radius 2 is 2.09 bits per heavy atom. The summed E-state index contributed by atoms with van der Waals surface area (Å²) in [6.07, 6.45) is 2.82. The molecule has 122 valence electrons. The molecule has 8 heteroatoms. The van der Waals surface area contributed by atoms with Gasteiger partial charge in [-0.25, -0.2) is 8.42 Å². The van der Waals surface area contributed by atoms with E-state index >= 15 is 0 Å². The van der Waals surface area contributed by atoms with Gasteiger partial charge in [-0.1, -0.05) is 12.1 Å². The van der Waals surface area contributed by atoms with Crippen LogP contribution in [-0.2, 0) is 21.2 Å². The highest BCUT2D eigenvalue weighted by Crippen LogP contribution is 2.12. The number of amides is 1. The second kappa shape index (κ2) is 7.85. The summed E-state index contributed by atoms with van der Waals surface area (Å²) >= 11 is 1.73. The van der Waals surface area contributed by atoms with E-state index in [0.717, 1.165) is 36.3 Å². The Kier molecular flexibility index (Phi) is 6.10. The summed E-state index contributed by atoms with van der Waals surface area (Å²) in [5.74, 6) is 1.74. The van der Waals surface area contributed by atoms with Crippen molar-refractivity contribution in [3.8, 4) is 0 Å². The summed E-state index contributed by atoms with van der Waals surface area (Å²) in [5.41, 5.74) is 1.67. The molecule has 1 aliphatic rings. The van der Waals surface area contributed by atoms with Gasteiger partial charge in [0.05, 0.1) is 12.3 Å². The van der Waals surface area contributed by atoms with E-state index in [0.29, 0.717) is 12.2 Å². The Morgan fingerprint density at radius 1 is 1.36 bits per heavy atom. The van der Waals surface area contributed by atoms with Gasteiger partial charge in [0.1, 0.15) is 0 Å². The largest absolute Gasteiger partial charge is 0.355 e. The molecule has 22 heavy (non-hydrogen) atoms. The molecule has 0 aliphatic carbocycles. The highest BCUT2D eigenvalue weighted by atomic mass is 32.2. The maximum absolute atomic E-state index is 11.8. The molecule has 1 amide bonds. The minimum atomic E-state index is -3.23. The molecule has 1 aliphatic heterocycles. The van der Waals surface area contributed by atoms with Gasteiger partial charge in [0.15, 0.2) is 0 Å². The van der Waals surface area contributed by atoms with E-state index in [-0.39, 0.29) is 11.9 Å². The molecule has 1 aromatic carbocycles. The van der Waals surface area contributed by atoms with Crippen molar-refractivity contribution in [3.63, 3.8) is 0 Å². The van der Waals surface area contributed by atoms with Crippen LogP contribution in [0.25, 0.3) is 0 Å². The number of sulfonamides is 1. The average molecular weight is 343 g/mol. The SMILES string of the molecule is CS(=O)(=O)Nc1ccc(CCCNC(=O)C2CSCN2)cc1. The number of thioether (sulfide) groups is 1. The number of rotatable bonds is 7. The van der Waals surface area contributed by atoms with Crippen molar-refractivity contribution in [2.24, 2.45) is 0 Å². The van der Waals surface area contributed by atoms with Gasteiger partial charge in [0.25, 0.3) is 0 Å². The predicted octanol–water partition coefficient (Wildman–Crippen LogP) is 0.769. The van der Waals surface area contributed by atoms with Gasteiger partial charge < -0.3 is 5.32 Å². The molecule has 1 unspecified atom stereocenters. The first-order valence-electron chi connectivity index (χ1n) is 7.09. The standard InChI is InChI=1S/C14H21N3O3S2/c1-22(19,20)17-12-6-4-11(5-7-12)3-2-8-15-14(18)13-9-21-10-16-13/h4-7,13,16-17H,2-3,8-10H2,1H3,(H,15,18). The molecule has 0 saturated carbocycles. The molecule has 0 spiro atoms. The van der Waals surface area contributed by atoms with Gasteiger partial charge in [-0.05, 0) is 30.5 Å². The van der Waals surface area contributed by atoms with E-state index in [2.05, 4.69) is 15.4 Å². The molecule has 2 rings (SSSR count). The fraction of sp³-hybridized carbons (Fsp3) is 0.500. The van der Waals surface area contributed by atoms with Crippen LogP contribution in [0.3, 0.4) is 0 Å². The molecule has 1 aromatic rings. The van der Waals surface area contributed by atoms with Gasteiger partial charge in [0, 0.05) is 23.9 Å². The highest BCUT2D eigenvalue weighted by molar-refractivity contribution is 7.99. The molecule has 1 saturated heterocycles. The number of nitrogens with one attached hydrogen (secondary N) is 3. The number of hydrogen-bond acceptors (Lipinski definition) is 5. The normalized spacial score (nSPS) is 18.1. The van der Waals surface area contributed by atoms with Crippen LogP contribution >= 0.6 is 11.8 Å². The number of hydrogen-bond donors (Lipinski definition) is 3. The van der Waals surface area contributed by atoms with Crippen LogP contribution in [0.5, 0.6) is 0 Å². The van der Waals surface area contributed by atoms with Crippen LogP contribution in [0.1, 0.15) is 12.0 Å². The monoisotopic (exact) mass is 343 g/mol. The zero-order valence-electron chi connectivity index (χ0n) is 12.5. The molecule has 1 heterocycles. The summed E-state index contributed by atoms with van der Waals surface area (Å²) in [6, 6.07) is 7.21. The maximum atomic E-state index is 11.8. The zero-order valence-corrected chi connectivity index (χ0v) is 14.1. The van der Waals surface area contributed by atoms with E-state index in [4.69, 9.17) is 0 Å². The van der Waals surface area contributed by atoms with Crippen LogP contribution in [0.15, 0.2) is 24.3 Å². The number of anilines is 1. The zero-order chi connectivity index (χ0) is 16.0. The Bertz CT molecular complexity index is 596. The van der Waals surface area contributed by atoms with Crippen LogP contribution in [-0.4, -0.2) is 44.8 Å². The summed E-state index contributed by atoms with van der Waals surface area (Å²) < 4.78 is 24.7. The van der Waals surface area contributed by atoms with E-state index in [9.17, 15) is 13.2 Å². The van der Waals surface area contributed by atoms with Crippen LogP contribution in [0.2, 0.25) is 0 Å². The molecule has 1 fully saturated rings. The molecule has 0 bridgehead atoms. The first-order chi connectivity index (χ1) is 10.4. The number of carbonyl (C=O) groups is 1.